The van der Waals surface area contributed by atoms with E-state index in [0.29, 0.717) is 127 Å². The molecule has 2 atom stereocenters. The lowest BCUT2D eigenvalue weighted by Crippen LogP contribution is -2.36. The summed E-state index contributed by atoms with van der Waals surface area (Å²) in [6.07, 6.45) is 13.2. The second-order valence-electron chi connectivity index (χ2n) is 17.6. The first kappa shape index (κ1) is 60.5. The van der Waals surface area contributed by atoms with Crippen molar-refractivity contribution in [2.24, 2.45) is 0 Å². The zero-order chi connectivity index (χ0) is 52.8. The lowest BCUT2D eigenvalue weighted by molar-refractivity contribution is -0.137. The van der Waals surface area contributed by atoms with Crippen molar-refractivity contribution in [1.29, 1.82) is 0 Å². The Morgan fingerprint density at radius 3 is 1.65 bits per heavy atom. The second-order valence-corrected chi connectivity index (χ2v) is 22.0. The van der Waals surface area contributed by atoms with Crippen LogP contribution in [0, 0.1) is 0 Å². The Morgan fingerprint density at radius 1 is 0.597 bits per heavy atom. The summed E-state index contributed by atoms with van der Waals surface area (Å²) in [7, 11) is -10.4. The quantitative estimate of drug-likeness (QED) is 0.0346. The monoisotopic (exact) mass is 1070 g/mol. The van der Waals surface area contributed by atoms with Crippen molar-refractivity contribution in [3.63, 3.8) is 0 Å². The summed E-state index contributed by atoms with van der Waals surface area (Å²) in [6.45, 7) is 9.35. The van der Waals surface area contributed by atoms with Crippen molar-refractivity contribution in [3.8, 4) is 0 Å². The molecule has 20 nitrogen and oxygen atoms in total. The number of ether oxygens (including phenoxy) is 7. The van der Waals surface area contributed by atoms with Crippen LogP contribution in [0.3, 0.4) is 0 Å². The number of benzene rings is 2. The zero-order valence-electron chi connectivity index (χ0n) is 41.6. The molecule has 2 aliphatic rings. The number of unbranched alkanes of at least 4 members (excludes halogenated alkanes) is 2. The first-order valence-corrected chi connectivity index (χ1v) is 28.2. The number of anilines is 2. The van der Waals surface area contributed by atoms with Gasteiger partial charge in [0.2, 0.25) is 0 Å². The highest BCUT2D eigenvalue weighted by molar-refractivity contribution is 7.86. The number of fused-ring (bicyclic) bond motifs is 2. The van der Waals surface area contributed by atoms with Gasteiger partial charge in [-0.25, -0.2) is 0 Å². The van der Waals surface area contributed by atoms with Gasteiger partial charge in [0.1, 0.15) is 0 Å². The van der Waals surface area contributed by atoms with E-state index in [0.717, 1.165) is 11.3 Å². The minimum absolute atomic E-state index is 0.00328. The molecule has 2 aromatic carbocycles. The fourth-order valence-corrected chi connectivity index (χ4v) is 10.1. The Balaban J connectivity index is 1.58. The molecule has 0 amide bonds. The molecule has 2 aliphatic heterocycles. The molecule has 0 aromatic heterocycles. The van der Waals surface area contributed by atoms with Gasteiger partial charge in [-0.2, -0.15) is 25.3 Å². The second kappa shape index (κ2) is 29.1. The van der Waals surface area contributed by atoms with E-state index in [1.807, 2.05) is 42.0 Å². The fourth-order valence-electron chi connectivity index (χ4n) is 8.58. The van der Waals surface area contributed by atoms with Crippen molar-refractivity contribution in [2.45, 2.75) is 79.4 Å². The van der Waals surface area contributed by atoms with Crippen LogP contribution in [-0.4, -0.2) is 162 Å². The van der Waals surface area contributed by atoms with Gasteiger partial charge in [0.15, 0.2) is 0 Å². The van der Waals surface area contributed by atoms with Crippen LogP contribution in [-0.2, 0) is 79.1 Å². The SMILES string of the molecule is COCCOCCOCCOCCOCCOCCC1(C)C(/C=C/C=C/C=C2/N(CCCCCC(=O)O)c3ccc(S(=O)(=O)O)cc3C2(C)CCCS(=O)(=O)O)=CN(CCOC)c2ccc(S(=O)(=O)O)cc21. The van der Waals surface area contributed by atoms with Crippen LogP contribution in [0.15, 0.2) is 94.0 Å². The molecule has 0 saturated heterocycles. The first-order valence-electron chi connectivity index (χ1n) is 23.8. The predicted octanol–water partition coefficient (Wildman–Crippen LogP) is 5.99. The number of carboxylic acid groups (broad SMARTS) is 1. The van der Waals surface area contributed by atoms with Crippen molar-refractivity contribution >= 4 is 47.7 Å². The molecule has 4 rings (SSSR count). The molecule has 2 heterocycles. The molecule has 4 N–H and O–H groups in total. The maximum Gasteiger partial charge on any atom is 0.303 e. The van der Waals surface area contributed by atoms with E-state index < -0.39 is 52.9 Å². The minimum Gasteiger partial charge on any atom is -0.481 e. The van der Waals surface area contributed by atoms with Crippen LogP contribution in [0.25, 0.3) is 0 Å². The van der Waals surface area contributed by atoms with Gasteiger partial charge in [0.05, 0.1) is 88.2 Å². The predicted molar refractivity (Wildman–Crippen MR) is 271 cm³/mol. The van der Waals surface area contributed by atoms with Gasteiger partial charge in [0, 0.05) is 74.4 Å². The van der Waals surface area contributed by atoms with Crippen LogP contribution >= 0.6 is 0 Å². The third kappa shape index (κ3) is 18.7. The Bertz CT molecular complexity index is 2530. The summed E-state index contributed by atoms with van der Waals surface area (Å²) >= 11 is 0. The van der Waals surface area contributed by atoms with Gasteiger partial charge in [-0.05, 0) is 98.2 Å². The van der Waals surface area contributed by atoms with Gasteiger partial charge in [-0.15, -0.1) is 0 Å². The Morgan fingerprint density at radius 2 is 1.12 bits per heavy atom. The van der Waals surface area contributed by atoms with E-state index in [9.17, 15) is 48.8 Å². The lowest BCUT2D eigenvalue weighted by atomic mass is 9.71. The van der Waals surface area contributed by atoms with Crippen LogP contribution in [0.1, 0.15) is 69.9 Å². The van der Waals surface area contributed by atoms with E-state index in [4.69, 9.17) is 33.2 Å². The minimum atomic E-state index is -4.62. The van der Waals surface area contributed by atoms with Crippen LogP contribution in [0.2, 0.25) is 0 Å². The molecule has 0 radical (unpaired) electrons. The normalized spacial score (nSPS) is 18.9. The number of aliphatic carboxylic acids is 1. The summed E-state index contributed by atoms with van der Waals surface area (Å²) in [5.41, 5.74) is 2.10. The number of rotatable bonds is 36. The molecule has 0 fully saturated rings. The number of carbonyl (C=O) groups is 1. The third-order valence-electron chi connectivity index (χ3n) is 12.4. The van der Waals surface area contributed by atoms with E-state index >= 15 is 0 Å². The molecule has 2 aromatic rings. The molecule has 0 spiro atoms. The highest BCUT2D eigenvalue weighted by atomic mass is 32.2. The van der Waals surface area contributed by atoms with Gasteiger partial charge in [-0.3, -0.25) is 18.5 Å². The van der Waals surface area contributed by atoms with E-state index in [2.05, 4.69) is 0 Å². The zero-order valence-corrected chi connectivity index (χ0v) is 44.1. The number of methoxy groups -OCH3 is 2. The molecule has 0 aliphatic carbocycles. The number of carboxylic acids is 1. The highest BCUT2D eigenvalue weighted by Crippen LogP contribution is 2.51. The van der Waals surface area contributed by atoms with Crippen LogP contribution in [0.5, 0.6) is 0 Å². The first-order chi connectivity index (χ1) is 34.2. The standard InChI is InChI=1S/C49H72N2O18S3/c1-48(20-23-65-27-28-67-31-32-69-34-33-68-30-29-66-26-25-64-4)39(38-50(22-24-63-3)44-17-15-40(36-42(44)48)71(57,58)59)12-7-5-8-13-46-49(2,19-11-35-70(54,55)56)43-37-41(72(60,61)62)16-18-45(43)51(46)21-10-6-9-14-47(52)53/h5,7-8,12-13,15-18,36-38H,6,9-11,14,19-35H2,1-4H3,(H,52,53)(H,54,55,56)(H,57,58,59)(H,60,61,62)/b8-5+,12-7+,46-13+. The van der Waals surface area contributed by atoms with Gasteiger partial charge in [-0.1, -0.05) is 37.6 Å². The maximum absolute atomic E-state index is 12.5. The van der Waals surface area contributed by atoms with Crippen molar-refractivity contribution in [1.82, 2.24) is 0 Å². The van der Waals surface area contributed by atoms with Crippen molar-refractivity contribution < 1.29 is 82.0 Å². The summed E-state index contributed by atoms with van der Waals surface area (Å²) in [4.78, 5) is 14.5. The molecule has 72 heavy (non-hydrogen) atoms. The van der Waals surface area contributed by atoms with Crippen molar-refractivity contribution in [3.05, 3.63) is 95.4 Å². The van der Waals surface area contributed by atoms with E-state index in [1.54, 1.807) is 44.6 Å². The van der Waals surface area contributed by atoms with Gasteiger partial charge >= 0.3 is 5.97 Å². The molecule has 0 bridgehead atoms. The summed E-state index contributed by atoms with van der Waals surface area (Å²) in [6, 6.07) is 8.71. The Hall–Kier alpha value is -4.08. The average Bonchev–Trinajstić information content (AvgIpc) is 3.54. The molecular weight excluding hydrogens is 1000 g/mol. The Kier molecular flexibility index (Phi) is 24.5. The van der Waals surface area contributed by atoms with Gasteiger partial charge < -0.3 is 48.1 Å². The maximum atomic E-state index is 12.5. The average molecular weight is 1070 g/mol. The molecule has 23 heteroatoms. The summed E-state index contributed by atoms with van der Waals surface area (Å²) < 4.78 is 141. The number of hydrogen-bond acceptors (Lipinski definition) is 16. The molecule has 404 valence electrons. The molecule has 2 unspecified atom stereocenters. The molecular formula is C49H72N2O18S3. The Labute approximate surface area is 424 Å². The molecule has 0 saturated carbocycles. The summed E-state index contributed by atoms with van der Waals surface area (Å²) in [5, 5.41) is 9.19. The van der Waals surface area contributed by atoms with Crippen molar-refractivity contribution in [2.75, 3.05) is 122 Å². The number of nitrogens with zero attached hydrogens (tertiary/aromatic N) is 2. The largest absolute Gasteiger partial charge is 0.481 e. The van der Waals surface area contributed by atoms with E-state index in [-0.39, 0.29) is 42.3 Å². The van der Waals surface area contributed by atoms with Gasteiger partial charge in [0.25, 0.3) is 30.4 Å². The summed E-state index contributed by atoms with van der Waals surface area (Å²) in [5.74, 6) is -1.45. The van der Waals surface area contributed by atoms with Crippen LogP contribution in [0.4, 0.5) is 11.4 Å². The smallest absolute Gasteiger partial charge is 0.303 e. The highest BCUT2D eigenvalue weighted by Gasteiger charge is 2.44. The third-order valence-corrected chi connectivity index (χ3v) is 14.9. The fraction of sp³-hybridized carbons (Fsp3) is 0.571. The number of hydrogen-bond donors (Lipinski definition) is 4. The van der Waals surface area contributed by atoms with Crippen LogP contribution < -0.4 is 9.80 Å². The topological polar surface area (TPSA) is 271 Å². The number of allylic oxidation sites excluding steroid dienone is 7. The van der Waals surface area contributed by atoms with E-state index in [1.165, 1.54) is 24.3 Å². The lowest BCUT2D eigenvalue weighted by Gasteiger charge is -2.41.